The summed E-state index contributed by atoms with van der Waals surface area (Å²) < 4.78 is 28.4. The van der Waals surface area contributed by atoms with Gasteiger partial charge in [-0.3, -0.25) is 14.1 Å². The second-order valence-electron chi connectivity index (χ2n) is 10.4. The zero-order valence-corrected chi connectivity index (χ0v) is 23.1. The number of nitrogens with one attached hydrogen (secondary N) is 2. The SMILES string of the molecule is CN(c1ccc2[nH]c(C(=O)Nc3ccncc3)c(-c3ccccc3)c2c1)S(=O)(=O)c1ccc(C(C)(C)C)cc1. The molecule has 0 aliphatic rings. The Kier molecular flexibility index (Phi) is 6.74. The smallest absolute Gasteiger partial charge is 0.272 e. The number of carbonyl (C=O) groups excluding carboxylic acids is 1. The van der Waals surface area contributed by atoms with E-state index in [4.69, 9.17) is 0 Å². The second-order valence-corrected chi connectivity index (χ2v) is 12.4. The first-order valence-electron chi connectivity index (χ1n) is 12.6. The lowest BCUT2D eigenvalue weighted by molar-refractivity contribution is 0.102. The molecule has 198 valence electrons. The molecule has 0 bridgehead atoms. The van der Waals surface area contributed by atoms with E-state index in [0.29, 0.717) is 22.6 Å². The highest BCUT2D eigenvalue weighted by atomic mass is 32.2. The molecule has 5 aromatic rings. The maximum atomic E-state index is 13.6. The quantitative estimate of drug-likeness (QED) is 0.254. The van der Waals surface area contributed by atoms with Crippen LogP contribution in [0, 0.1) is 0 Å². The molecule has 0 atom stereocenters. The minimum absolute atomic E-state index is 0.0806. The van der Waals surface area contributed by atoms with Gasteiger partial charge < -0.3 is 10.3 Å². The molecular weight excluding hydrogens is 508 g/mol. The van der Waals surface area contributed by atoms with Crippen LogP contribution in [0.5, 0.6) is 0 Å². The van der Waals surface area contributed by atoms with Crippen LogP contribution in [0.3, 0.4) is 0 Å². The average molecular weight is 539 g/mol. The van der Waals surface area contributed by atoms with E-state index in [1.807, 2.05) is 42.5 Å². The predicted molar refractivity (Wildman–Crippen MR) is 157 cm³/mol. The van der Waals surface area contributed by atoms with Crippen LogP contribution in [-0.2, 0) is 15.4 Å². The number of rotatable bonds is 6. The van der Waals surface area contributed by atoms with E-state index < -0.39 is 10.0 Å². The summed E-state index contributed by atoms with van der Waals surface area (Å²) in [7, 11) is -2.27. The molecule has 7 nitrogen and oxygen atoms in total. The Labute approximate surface area is 228 Å². The van der Waals surface area contributed by atoms with E-state index in [2.05, 4.69) is 36.1 Å². The summed E-state index contributed by atoms with van der Waals surface area (Å²) in [6.07, 6.45) is 3.22. The van der Waals surface area contributed by atoms with Crippen molar-refractivity contribution in [2.75, 3.05) is 16.7 Å². The highest BCUT2D eigenvalue weighted by molar-refractivity contribution is 7.92. The molecule has 2 aromatic heterocycles. The number of hydrogen-bond acceptors (Lipinski definition) is 4. The largest absolute Gasteiger partial charge is 0.350 e. The summed E-state index contributed by atoms with van der Waals surface area (Å²) in [4.78, 5) is 20.8. The van der Waals surface area contributed by atoms with Gasteiger partial charge in [0, 0.05) is 41.6 Å². The third-order valence-corrected chi connectivity index (χ3v) is 8.55. The molecule has 0 unspecified atom stereocenters. The van der Waals surface area contributed by atoms with Crippen LogP contribution < -0.4 is 9.62 Å². The maximum absolute atomic E-state index is 13.6. The van der Waals surface area contributed by atoms with Gasteiger partial charge in [-0.2, -0.15) is 0 Å². The summed E-state index contributed by atoms with van der Waals surface area (Å²) in [6.45, 7) is 6.26. The lowest BCUT2D eigenvalue weighted by Gasteiger charge is -2.22. The molecular formula is C31H30N4O3S. The number of fused-ring (bicyclic) bond motifs is 1. The molecule has 1 amide bonds. The van der Waals surface area contributed by atoms with E-state index >= 15 is 0 Å². The van der Waals surface area contributed by atoms with Gasteiger partial charge in [0.25, 0.3) is 15.9 Å². The number of anilines is 2. The number of carbonyl (C=O) groups is 1. The van der Waals surface area contributed by atoms with Crippen molar-refractivity contribution in [2.45, 2.75) is 31.1 Å². The normalized spacial score (nSPS) is 11.9. The lowest BCUT2D eigenvalue weighted by atomic mass is 9.87. The molecule has 2 N–H and O–H groups in total. The molecule has 3 aromatic carbocycles. The molecule has 0 saturated carbocycles. The maximum Gasteiger partial charge on any atom is 0.272 e. The van der Waals surface area contributed by atoms with E-state index in [1.165, 1.54) is 4.31 Å². The van der Waals surface area contributed by atoms with E-state index in [9.17, 15) is 13.2 Å². The van der Waals surface area contributed by atoms with Gasteiger partial charge in [-0.05, 0) is 59.0 Å². The highest BCUT2D eigenvalue weighted by Crippen LogP contribution is 2.36. The zero-order valence-electron chi connectivity index (χ0n) is 22.3. The van der Waals surface area contributed by atoms with E-state index in [1.54, 1.807) is 61.9 Å². The fourth-order valence-electron chi connectivity index (χ4n) is 4.50. The number of sulfonamides is 1. The Morgan fingerprint density at radius 2 is 1.56 bits per heavy atom. The molecule has 39 heavy (non-hydrogen) atoms. The van der Waals surface area contributed by atoms with Crippen LogP contribution in [0.4, 0.5) is 11.4 Å². The van der Waals surface area contributed by atoms with Crippen LogP contribution >= 0.6 is 0 Å². The Hall–Kier alpha value is -4.43. The molecule has 5 rings (SSSR count). The molecule has 0 aliphatic heterocycles. The van der Waals surface area contributed by atoms with Gasteiger partial charge >= 0.3 is 0 Å². The second kappa shape index (κ2) is 10.0. The van der Waals surface area contributed by atoms with Gasteiger partial charge in [0.2, 0.25) is 0 Å². The number of benzene rings is 3. The van der Waals surface area contributed by atoms with Crippen molar-refractivity contribution in [2.24, 2.45) is 0 Å². The van der Waals surface area contributed by atoms with Crippen molar-refractivity contribution in [1.29, 1.82) is 0 Å². The minimum Gasteiger partial charge on any atom is -0.350 e. The van der Waals surface area contributed by atoms with E-state index in [0.717, 1.165) is 22.0 Å². The standard InChI is InChI=1S/C31H30N4O3S/c1-31(2,3)22-10-13-25(14-11-22)39(37,38)35(4)24-12-15-27-26(20-24)28(21-8-6-5-7-9-21)29(34-27)30(36)33-23-16-18-32-19-17-23/h5-20,34H,1-4H3,(H,32,33,36). The van der Waals surface area contributed by atoms with Crippen LogP contribution in [0.1, 0.15) is 36.8 Å². The van der Waals surface area contributed by atoms with Crippen molar-refractivity contribution < 1.29 is 13.2 Å². The van der Waals surface area contributed by atoms with Crippen molar-refractivity contribution in [3.8, 4) is 11.1 Å². The molecule has 2 heterocycles. The number of hydrogen-bond donors (Lipinski definition) is 2. The summed E-state index contributed by atoms with van der Waals surface area (Å²) >= 11 is 0. The number of amides is 1. The number of H-pyrrole nitrogens is 1. The topological polar surface area (TPSA) is 95.2 Å². The number of aromatic nitrogens is 2. The van der Waals surface area contributed by atoms with Gasteiger partial charge in [0.1, 0.15) is 5.69 Å². The van der Waals surface area contributed by atoms with Crippen LogP contribution in [0.15, 0.2) is 102 Å². The number of pyridine rings is 1. The molecule has 8 heteroatoms. The Bertz CT molecular complexity index is 1740. The fourth-order valence-corrected chi connectivity index (χ4v) is 5.69. The summed E-state index contributed by atoms with van der Waals surface area (Å²) in [6, 6.07) is 25.4. The summed E-state index contributed by atoms with van der Waals surface area (Å²) in [5, 5.41) is 3.65. The van der Waals surface area contributed by atoms with Crippen molar-refractivity contribution >= 4 is 38.2 Å². The molecule has 0 radical (unpaired) electrons. The third-order valence-electron chi connectivity index (χ3n) is 6.75. The summed E-state index contributed by atoms with van der Waals surface area (Å²) in [5.74, 6) is -0.308. The van der Waals surface area contributed by atoms with Crippen LogP contribution in [-0.4, -0.2) is 31.3 Å². The first-order valence-corrected chi connectivity index (χ1v) is 14.0. The first-order chi connectivity index (χ1) is 18.6. The predicted octanol–water partition coefficient (Wildman–Crippen LogP) is 6.60. The van der Waals surface area contributed by atoms with Gasteiger partial charge in [-0.1, -0.05) is 63.2 Å². The van der Waals surface area contributed by atoms with Crippen LogP contribution in [0.2, 0.25) is 0 Å². The number of nitrogens with zero attached hydrogens (tertiary/aromatic N) is 2. The third kappa shape index (κ3) is 5.15. The van der Waals surface area contributed by atoms with E-state index in [-0.39, 0.29) is 16.2 Å². The van der Waals surface area contributed by atoms with Crippen LogP contribution in [0.25, 0.3) is 22.0 Å². The fraction of sp³-hybridized carbons (Fsp3) is 0.161. The van der Waals surface area contributed by atoms with Gasteiger partial charge in [0.05, 0.1) is 10.6 Å². The van der Waals surface area contributed by atoms with Gasteiger partial charge in [-0.15, -0.1) is 0 Å². The summed E-state index contributed by atoms with van der Waals surface area (Å²) in [5.41, 5.74) is 4.72. The van der Waals surface area contributed by atoms with Crippen molar-refractivity contribution in [3.63, 3.8) is 0 Å². The Morgan fingerprint density at radius 1 is 0.897 bits per heavy atom. The van der Waals surface area contributed by atoms with Crippen molar-refractivity contribution in [3.05, 3.63) is 109 Å². The average Bonchev–Trinajstić information content (AvgIpc) is 3.32. The Morgan fingerprint density at radius 3 is 2.21 bits per heavy atom. The Balaban J connectivity index is 1.57. The molecule has 0 spiro atoms. The molecule has 0 aliphatic carbocycles. The van der Waals surface area contributed by atoms with Crippen molar-refractivity contribution in [1.82, 2.24) is 9.97 Å². The monoisotopic (exact) mass is 538 g/mol. The first kappa shape index (κ1) is 26.2. The highest BCUT2D eigenvalue weighted by Gasteiger charge is 2.25. The molecule has 0 saturated heterocycles. The lowest BCUT2D eigenvalue weighted by Crippen LogP contribution is -2.26. The van der Waals surface area contributed by atoms with Gasteiger partial charge in [0.15, 0.2) is 0 Å². The zero-order chi connectivity index (χ0) is 27.8. The minimum atomic E-state index is -3.81. The molecule has 0 fully saturated rings. The number of aromatic amines is 1. The van der Waals surface area contributed by atoms with Gasteiger partial charge in [-0.25, -0.2) is 8.42 Å².